The van der Waals surface area contributed by atoms with E-state index in [1.54, 1.807) is 11.9 Å². The molecule has 112 valence electrons. The molecular formula is C13H19BrClN3O2. The lowest BCUT2D eigenvalue weighted by molar-refractivity contribution is -0.131. The van der Waals surface area contributed by atoms with E-state index in [1.807, 2.05) is 24.3 Å². The Hall–Kier alpha value is -1.11. The molecule has 1 aromatic rings. The van der Waals surface area contributed by atoms with Crippen LogP contribution in [-0.4, -0.2) is 43.4 Å². The van der Waals surface area contributed by atoms with Gasteiger partial charge in [-0.2, -0.15) is 0 Å². The molecule has 0 heterocycles. The highest BCUT2D eigenvalue weighted by molar-refractivity contribution is 9.10. The van der Waals surface area contributed by atoms with Crippen molar-refractivity contribution in [2.75, 3.05) is 26.7 Å². The molecule has 0 aliphatic carbocycles. The van der Waals surface area contributed by atoms with Crippen molar-refractivity contribution in [3.8, 4) is 0 Å². The van der Waals surface area contributed by atoms with E-state index in [0.29, 0.717) is 6.54 Å². The maximum atomic E-state index is 11.7. The van der Waals surface area contributed by atoms with Crippen LogP contribution in [0.2, 0.25) is 0 Å². The number of benzene rings is 1. The van der Waals surface area contributed by atoms with E-state index in [1.165, 1.54) is 0 Å². The first-order valence-electron chi connectivity index (χ1n) is 5.98. The van der Waals surface area contributed by atoms with Crippen molar-refractivity contribution < 1.29 is 9.59 Å². The Morgan fingerprint density at radius 2 is 1.90 bits per heavy atom. The van der Waals surface area contributed by atoms with E-state index in [0.717, 1.165) is 16.5 Å². The van der Waals surface area contributed by atoms with Gasteiger partial charge >= 0.3 is 0 Å². The van der Waals surface area contributed by atoms with Crippen LogP contribution >= 0.6 is 28.3 Å². The molecule has 1 rings (SSSR count). The van der Waals surface area contributed by atoms with Crippen molar-refractivity contribution in [2.24, 2.45) is 5.73 Å². The number of hydrogen-bond acceptors (Lipinski definition) is 3. The Morgan fingerprint density at radius 1 is 1.30 bits per heavy atom. The molecule has 0 saturated carbocycles. The van der Waals surface area contributed by atoms with Gasteiger partial charge in [0.15, 0.2) is 0 Å². The quantitative estimate of drug-likeness (QED) is 0.789. The Labute approximate surface area is 133 Å². The molecule has 20 heavy (non-hydrogen) atoms. The smallest absolute Gasteiger partial charge is 0.241 e. The molecule has 0 aromatic heterocycles. The van der Waals surface area contributed by atoms with Crippen molar-refractivity contribution in [1.82, 2.24) is 10.2 Å². The molecule has 7 heteroatoms. The minimum atomic E-state index is -0.324. The second-order valence-corrected chi connectivity index (χ2v) is 5.09. The van der Waals surface area contributed by atoms with Crippen LogP contribution in [0.15, 0.2) is 28.7 Å². The maximum absolute atomic E-state index is 11.7. The molecule has 0 spiro atoms. The summed E-state index contributed by atoms with van der Waals surface area (Å²) in [5, 5.41) is 2.46. The minimum absolute atomic E-state index is 0. The molecule has 3 N–H and O–H groups in total. The fraction of sp³-hybridized carbons (Fsp3) is 0.385. The number of hydrogen-bond donors (Lipinski definition) is 2. The van der Waals surface area contributed by atoms with Crippen molar-refractivity contribution >= 4 is 40.2 Å². The molecule has 5 nitrogen and oxygen atoms in total. The predicted molar refractivity (Wildman–Crippen MR) is 84.8 cm³/mol. The van der Waals surface area contributed by atoms with Gasteiger partial charge in [-0.1, -0.05) is 28.1 Å². The summed E-state index contributed by atoms with van der Waals surface area (Å²) in [6.07, 6.45) is 0.778. The van der Waals surface area contributed by atoms with E-state index < -0.39 is 0 Å². The zero-order chi connectivity index (χ0) is 14.3. The molecule has 0 atom stereocenters. The minimum Gasteiger partial charge on any atom is -0.346 e. The third-order valence-corrected chi connectivity index (χ3v) is 3.23. The van der Waals surface area contributed by atoms with Gasteiger partial charge in [-0.3, -0.25) is 9.59 Å². The van der Waals surface area contributed by atoms with E-state index in [-0.39, 0.29) is 37.3 Å². The second kappa shape index (κ2) is 9.74. The highest BCUT2D eigenvalue weighted by Gasteiger charge is 2.09. The highest BCUT2D eigenvalue weighted by atomic mass is 79.9. The molecule has 0 bridgehead atoms. The number of rotatable bonds is 6. The lowest BCUT2D eigenvalue weighted by atomic mass is 10.1. The number of carbonyl (C=O) groups excluding carboxylic acids is 2. The number of carbonyl (C=O) groups is 2. The van der Waals surface area contributed by atoms with Crippen LogP contribution in [0, 0.1) is 0 Å². The van der Waals surface area contributed by atoms with E-state index in [2.05, 4.69) is 21.2 Å². The van der Waals surface area contributed by atoms with Gasteiger partial charge in [0.2, 0.25) is 11.8 Å². The van der Waals surface area contributed by atoms with Crippen LogP contribution in [0.1, 0.15) is 5.56 Å². The van der Waals surface area contributed by atoms with Crippen LogP contribution in [0.25, 0.3) is 0 Å². The highest BCUT2D eigenvalue weighted by Crippen LogP contribution is 2.11. The van der Waals surface area contributed by atoms with Gasteiger partial charge in [0.25, 0.3) is 0 Å². The summed E-state index contributed by atoms with van der Waals surface area (Å²) >= 11 is 3.37. The summed E-state index contributed by atoms with van der Waals surface area (Å²) < 4.78 is 1.03. The van der Waals surface area contributed by atoms with Crippen LogP contribution < -0.4 is 11.1 Å². The normalized spacial score (nSPS) is 9.55. The Bertz CT molecular complexity index is 440. The predicted octanol–water partition coefficient (Wildman–Crippen LogP) is 0.947. The summed E-state index contributed by atoms with van der Waals surface area (Å²) in [6.45, 7) is 0.502. The molecule has 0 fully saturated rings. The van der Waals surface area contributed by atoms with Gasteiger partial charge in [-0.05, 0) is 24.1 Å². The van der Waals surface area contributed by atoms with Crippen molar-refractivity contribution in [3.05, 3.63) is 34.3 Å². The summed E-state index contributed by atoms with van der Waals surface area (Å²) in [4.78, 5) is 24.2. The first kappa shape index (κ1) is 18.9. The lowest BCUT2D eigenvalue weighted by Crippen LogP contribution is -2.40. The molecule has 0 aliphatic heterocycles. The summed E-state index contributed by atoms with van der Waals surface area (Å²) in [5.74, 6) is -0.450. The first-order chi connectivity index (χ1) is 9.02. The van der Waals surface area contributed by atoms with E-state index in [4.69, 9.17) is 5.73 Å². The van der Waals surface area contributed by atoms with E-state index >= 15 is 0 Å². The Balaban J connectivity index is 0.00000361. The molecule has 0 saturated heterocycles. The largest absolute Gasteiger partial charge is 0.346 e. The zero-order valence-corrected chi connectivity index (χ0v) is 13.7. The Kier molecular flexibility index (Phi) is 9.20. The average molecular weight is 365 g/mol. The SMILES string of the molecule is CN(CCc1ccc(Br)cc1)C(=O)CNC(=O)CN.Cl. The number of nitrogens with zero attached hydrogens (tertiary/aromatic N) is 1. The van der Waals surface area contributed by atoms with Crippen molar-refractivity contribution in [1.29, 1.82) is 0 Å². The molecule has 0 radical (unpaired) electrons. The van der Waals surface area contributed by atoms with Gasteiger partial charge < -0.3 is 16.0 Å². The number of nitrogens with two attached hydrogens (primary N) is 1. The van der Waals surface area contributed by atoms with E-state index in [9.17, 15) is 9.59 Å². The van der Waals surface area contributed by atoms with Crippen LogP contribution in [0.5, 0.6) is 0 Å². The van der Waals surface area contributed by atoms with Crippen LogP contribution in [-0.2, 0) is 16.0 Å². The third-order valence-electron chi connectivity index (χ3n) is 2.70. The second-order valence-electron chi connectivity index (χ2n) is 4.17. The van der Waals surface area contributed by atoms with Gasteiger partial charge in [-0.25, -0.2) is 0 Å². The molecule has 0 aliphatic rings. The standard InChI is InChI=1S/C13H18BrN3O2.ClH/c1-17(13(19)9-16-12(18)8-15)7-6-10-2-4-11(14)5-3-10;/h2-5H,6-9,15H2,1H3,(H,16,18);1H. The number of nitrogens with one attached hydrogen (secondary N) is 1. The average Bonchev–Trinajstić information content (AvgIpc) is 2.43. The lowest BCUT2D eigenvalue weighted by Gasteiger charge is -2.17. The summed E-state index contributed by atoms with van der Waals surface area (Å²) in [6, 6.07) is 7.97. The third kappa shape index (κ3) is 6.88. The van der Waals surface area contributed by atoms with Gasteiger partial charge in [0.05, 0.1) is 13.1 Å². The van der Waals surface area contributed by atoms with Crippen LogP contribution in [0.3, 0.4) is 0 Å². The molecular weight excluding hydrogens is 346 g/mol. The number of halogens is 2. The maximum Gasteiger partial charge on any atom is 0.241 e. The van der Waals surface area contributed by atoms with Crippen molar-refractivity contribution in [2.45, 2.75) is 6.42 Å². The molecule has 0 unspecified atom stereocenters. The monoisotopic (exact) mass is 363 g/mol. The zero-order valence-electron chi connectivity index (χ0n) is 11.3. The fourth-order valence-corrected chi connectivity index (χ4v) is 1.72. The Morgan fingerprint density at radius 3 is 2.45 bits per heavy atom. The van der Waals surface area contributed by atoms with Gasteiger partial charge in [0, 0.05) is 18.1 Å². The summed E-state index contributed by atoms with van der Waals surface area (Å²) in [5.41, 5.74) is 6.30. The van der Waals surface area contributed by atoms with Crippen LogP contribution in [0.4, 0.5) is 0 Å². The number of amides is 2. The molecule has 1 aromatic carbocycles. The molecule has 2 amide bonds. The fourth-order valence-electron chi connectivity index (χ4n) is 1.45. The van der Waals surface area contributed by atoms with Gasteiger partial charge in [-0.15, -0.1) is 12.4 Å². The first-order valence-corrected chi connectivity index (χ1v) is 6.77. The van der Waals surface area contributed by atoms with Crippen molar-refractivity contribution in [3.63, 3.8) is 0 Å². The summed E-state index contributed by atoms with van der Waals surface area (Å²) in [7, 11) is 1.72. The topological polar surface area (TPSA) is 75.4 Å². The number of likely N-dealkylation sites (N-methyl/N-ethyl adjacent to an activating group) is 1. The van der Waals surface area contributed by atoms with Gasteiger partial charge in [0.1, 0.15) is 0 Å².